The molecular weight excluding hydrogens is 272 g/mol. The molecule has 1 heterocycles. The highest BCUT2D eigenvalue weighted by Crippen LogP contribution is 2.36. The molecular formula is C16H21ClN2O. The number of hydrogen-bond acceptors (Lipinski definition) is 3. The monoisotopic (exact) mass is 292 g/mol. The smallest absolute Gasteiger partial charge is 0.146 e. The number of benzene rings is 1. The van der Waals surface area contributed by atoms with Gasteiger partial charge in [-0.25, -0.2) is 4.98 Å². The van der Waals surface area contributed by atoms with E-state index in [1.54, 1.807) is 7.11 Å². The van der Waals surface area contributed by atoms with Crippen molar-refractivity contribution in [1.82, 2.24) is 4.98 Å². The van der Waals surface area contributed by atoms with Gasteiger partial charge in [0, 0.05) is 23.0 Å². The maximum atomic E-state index is 6.28. The lowest BCUT2D eigenvalue weighted by atomic mass is 9.99. The van der Waals surface area contributed by atoms with Crippen molar-refractivity contribution < 1.29 is 4.74 Å². The van der Waals surface area contributed by atoms with E-state index in [-0.39, 0.29) is 0 Å². The number of anilines is 1. The van der Waals surface area contributed by atoms with E-state index < -0.39 is 0 Å². The van der Waals surface area contributed by atoms with Gasteiger partial charge in [-0.15, -0.1) is 0 Å². The predicted molar refractivity (Wildman–Crippen MR) is 86.3 cm³/mol. The number of aromatic nitrogens is 1. The largest absolute Gasteiger partial charge is 0.494 e. The van der Waals surface area contributed by atoms with Gasteiger partial charge in [0.15, 0.2) is 0 Å². The van der Waals surface area contributed by atoms with Crippen molar-refractivity contribution in [3.63, 3.8) is 0 Å². The molecule has 0 radical (unpaired) electrons. The molecule has 2 aromatic rings. The number of fused-ring (bicyclic) bond motifs is 1. The summed E-state index contributed by atoms with van der Waals surface area (Å²) in [5.41, 5.74) is 3.10. The van der Waals surface area contributed by atoms with Crippen LogP contribution in [0.3, 0.4) is 0 Å². The Balaban J connectivity index is 2.82. The average Bonchev–Trinajstić information content (AvgIpc) is 2.42. The van der Waals surface area contributed by atoms with Crippen LogP contribution in [0.15, 0.2) is 12.1 Å². The second-order valence-corrected chi connectivity index (χ2v) is 5.60. The lowest BCUT2D eigenvalue weighted by Crippen LogP contribution is -2.06. The van der Waals surface area contributed by atoms with E-state index in [1.165, 1.54) is 5.56 Å². The van der Waals surface area contributed by atoms with Crippen LogP contribution in [0, 0.1) is 6.92 Å². The van der Waals surface area contributed by atoms with Crippen LogP contribution in [0.25, 0.3) is 10.9 Å². The Hall–Kier alpha value is -1.48. The second kappa shape index (κ2) is 5.88. The Labute approximate surface area is 125 Å². The average molecular weight is 293 g/mol. The molecule has 1 N–H and O–H groups in total. The van der Waals surface area contributed by atoms with Crippen molar-refractivity contribution in [1.29, 1.82) is 0 Å². The highest BCUT2D eigenvalue weighted by atomic mass is 35.5. The van der Waals surface area contributed by atoms with Gasteiger partial charge >= 0.3 is 0 Å². The third-order valence-corrected chi connectivity index (χ3v) is 3.88. The number of aryl methyl sites for hydroxylation is 1. The van der Waals surface area contributed by atoms with Crippen LogP contribution in [-0.2, 0) is 0 Å². The molecule has 0 saturated heterocycles. The van der Waals surface area contributed by atoms with Gasteiger partial charge in [0.1, 0.15) is 17.1 Å². The summed E-state index contributed by atoms with van der Waals surface area (Å²) in [5, 5.41) is 5.10. The van der Waals surface area contributed by atoms with Crippen LogP contribution >= 0.6 is 11.6 Å². The fourth-order valence-electron chi connectivity index (χ4n) is 2.33. The van der Waals surface area contributed by atoms with Crippen molar-refractivity contribution in [2.24, 2.45) is 0 Å². The SMILES string of the molecule is CCNc1nc2c(OC)cc(Cl)c(C)c2cc1C(C)C. The van der Waals surface area contributed by atoms with Gasteiger partial charge in [0.2, 0.25) is 0 Å². The third-order valence-electron chi connectivity index (χ3n) is 3.49. The first-order valence-corrected chi connectivity index (χ1v) is 7.29. The van der Waals surface area contributed by atoms with Crippen LogP contribution in [0.2, 0.25) is 5.02 Å². The van der Waals surface area contributed by atoms with Crippen LogP contribution in [0.4, 0.5) is 5.82 Å². The van der Waals surface area contributed by atoms with Gasteiger partial charge in [-0.3, -0.25) is 0 Å². The normalized spacial score (nSPS) is 11.2. The number of hydrogen-bond donors (Lipinski definition) is 1. The molecule has 0 aliphatic heterocycles. The molecule has 2 rings (SSSR count). The van der Waals surface area contributed by atoms with Crippen molar-refractivity contribution in [3.8, 4) is 5.75 Å². The topological polar surface area (TPSA) is 34.2 Å². The molecule has 1 aromatic carbocycles. The molecule has 0 aliphatic rings. The molecule has 0 atom stereocenters. The molecule has 0 amide bonds. The van der Waals surface area contributed by atoms with Gasteiger partial charge in [0.25, 0.3) is 0 Å². The quantitative estimate of drug-likeness (QED) is 0.882. The second-order valence-electron chi connectivity index (χ2n) is 5.19. The summed E-state index contributed by atoms with van der Waals surface area (Å²) in [7, 11) is 1.64. The summed E-state index contributed by atoms with van der Waals surface area (Å²) in [5.74, 6) is 2.03. The van der Waals surface area contributed by atoms with Crippen LogP contribution in [0.1, 0.15) is 37.8 Å². The van der Waals surface area contributed by atoms with Crippen LogP contribution in [0.5, 0.6) is 5.75 Å². The molecule has 4 heteroatoms. The number of ether oxygens (including phenoxy) is 1. The van der Waals surface area contributed by atoms with Crippen LogP contribution < -0.4 is 10.1 Å². The Morgan fingerprint density at radius 1 is 1.35 bits per heavy atom. The fourth-order valence-corrected chi connectivity index (χ4v) is 2.53. The number of rotatable bonds is 4. The maximum absolute atomic E-state index is 6.28. The van der Waals surface area contributed by atoms with E-state index in [0.29, 0.717) is 16.7 Å². The molecule has 3 nitrogen and oxygen atoms in total. The molecule has 0 unspecified atom stereocenters. The van der Waals surface area contributed by atoms with Crippen molar-refractivity contribution in [2.75, 3.05) is 19.0 Å². The number of nitrogens with one attached hydrogen (secondary N) is 1. The van der Waals surface area contributed by atoms with E-state index in [9.17, 15) is 0 Å². The lowest BCUT2D eigenvalue weighted by Gasteiger charge is -2.17. The highest BCUT2D eigenvalue weighted by Gasteiger charge is 2.15. The Kier molecular flexibility index (Phi) is 4.39. The zero-order chi connectivity index (χ0) is 14.9. The number of methoxy groups -OCH3 is 1. The first-order chi connectivity index (χ1) is 9.49. The third kappa shape index (κ3) is 2.55. The first kappa shape index (κ1) is 14.9. The molecule has 0 spiro atoms. The molecule has 0 fully saturated rings. The summed E-state index contributed by atoms with van der Waals surface area (Å²) in [6, 6.07) is 4.01. The first-order valence-electron chi connectivity index (χ1n) is 6.91. The van der Waals surface area contributed by atoms with Crippen molar-refractivity contribution in [3.05, 3.63) is 28.3 Å². The van der Waals surface area contributed by atoms with Gasteiger partial charge in [-0.1, -0.05) is 25.4 Å². The molecule has 0 saturated carbocycles. The Morgan fingerprint density at radius 3 is 2.60 bits per heavy atom. The lowest BCUT2D eigenvalue weighted by molar-refractivity contribution is 0.419. The number of nitrogens with zero attached hydrogens (tertiary/aromatic N) is 1. The molecule has 108 valence electrons. The van der Waals surface area contributed by atoms with Crippen LogP contribution in [-0.4, -0.2) is 18.6 Å². The molecule has 0 bridgehead atoms. The minimum atomic E-state index is 0.394. The Morgan fingerprint density at radius 2 is 2.05 bits per heavy atom. The number of halogens is 1. The van der Waals surface area contributed by atoms with Crippen molar-refractivity contribution in [2.45, 2.75) is 33.6 Å². The summed E-state index contributed by atoms with van der Waals surface area (Å²) >= 11 is 6.28. The zero-order valence-electron chi connectivity index (χ0n) is 12.7. The van der Waals surface area contributed by atoms with Gasteiger partial charge in [-0.2, -0.15) is 0 Å². The maximum Gasteiger partial charge on any atom is 0.146 e. The van der Waals surface area contributed by atoms with Crippen molar-refractivity contribution >= 4 is 28.3 Å². The summed E-state index contributed by atoms with van der Waals surface area (Å²) in [6.45, 7) is 9.26. The Bertz CT molecular complexity index is 638. The highest BCUT2D eigenvalue weighted by molar-refractivity contribution is 6.32. The van der Waals surface area contributed by atoms with E-state index in [0.717, 1.165) is 28.8 Å². The minimum Gasteiger partial charge on any atom is -0.494 e. The zero-order valence-corrected chi connectivity index (χ0v) is 13.4. The molecule has 1 aromatic heterocycles. The summed E-state index contributed by atoms with van der Waals surface area (Å²) in [4.78, 5) is 4.76. The van der Waals surface area contributed by atoms with E-state index >= 15 is 0 Å². The van der Waals surface area contributed by atoms with Gasteiger partial charge in [0.05, 0.1) is 7.11 Å². The minimum absolute atomic E-state index is 0.394. The van der Waals surface area contributed by atoms with Gasteiger partial charge in [-0.05, 0) is 37.0 Å². The van der Waals surface area contributed by atoms with E-state index in [1.807, 2.05) is 13.0 Å². The predicted octanol–water partition coefficient (Wildman–Crippen LogP) is 4.76. The van der Waals surface area contributed by atoms with E-state index in [4.69, 9.17) is 21.3 Å². The summed E-state index contributed by atoms with van der Waals surface area (Å²) < 4.78 is 5.42. The molecule has 0 aliphatic carbocycles. The summed E-state index contributed by atoms with van der Waals surface area (Å²) in [6.07, 6.45) is 0. The number of pyridine rings is 1. The standard InChI is InChI=1S/C16H21ClN2O/c1-6-18-16-11(9(2)3)7-12-10(4)13(17)8-14(20-5)15(12)19-16/h7-9H,6H2,1-5H3,(H,18,19). The van der Waals surface area contributed by atoms with Gasteiger partial charge < -0.3 is 10.1 Å². The molecule has 20 heavy (non-hydrogen) atoms. The fraction of sp³-hybridized carbons (Fsp3) is 0.438. The van der Waals surface area contributed by atoms with E-state index in [2.05, 4.69) is 32.2 Å².